The molecule has 0 aliphatic heterocycles. The lowest BCUT2D eigenvalue weighted by molar-refractivity contribution is 0.0962. The zero-order valence-corrected chi connectivity index (χ0v) is 11.1. The summed E-state index contributed by atoms with van der Waals surface area (Å²) in [6, 6.07) is 11.9. The van der Waals surface area contributed by atoms with Gasteiger partial charge >= 0.3 is 0 Å². The molecule has 94 valence electrons. The Kier molecular flexibility index (Phi) is 3.66. The molecule has 0 fully saturated rings. The first-order valence-electron chi connectivity index (χ1n) is 6.35. The summed E-state index contributed by atoms with van der Waals surface area (Å²) in [7, 11) is 0. The molecule has 2 nitrogen and oxygen atoms in total. The molecule has 0 aliphatic rings. The van der Waals surface area contributed by atoms with Gasteiger partial charge in [-0.25, -0.2) is 0 Å². The zero-order chi connectivity index (χ0) is 13.1. The Balaban J connectivity index is 2.26. The highest BCUT2D eigenvalue weighted by Gasteiger charge is 2.10. The second-order valence-corrected chi connectivity index (χ2v) is 4.72. The number of carbonyl (C=O) groups excluding carboxylic acids is 1. The molecule has 0 radical (unpaired) electrons. The standard InChI is InChI=1S/C16H18O2/c1-4-14(17)16-10-9-15(18-16)13-7-5-12(6-8-13)11(2)3/h5-11H,4H2,1-3H3. The molecule has 0 amide bonds. The summed E-state index contributed by atoms with van der Waals surface area (Å²) in [6.45, 7) is 6.17. The number of benzene rings is 1. The molecule has 0 saturated carbocycles. The molecule has 1 heterocycles. The van der Waals surface area contributed by atoms with E-state index in [1.165, 1.54) is 5.56 Å². The molecule has 0 bridgehead atoms. The van der Waals surface area contributed by atoms with Crippen molar-refractivity contribution in [1.29, 1.82) is 0 Å². The van der Waals surface area contributed by atoms with E-state index >= 15 is 0 Å². The van der Waals surface area contributed by atoms with Crippen LogP contribution in [0.1, 0.15) is 49.2 Å². The maximum atomic E-state index is 11.5. The minimum absolute atomic E-state index is 0.0417. The number of hydrogen-bond donors (Lipinski definition) is 0. The van der Waals surface area contributed by atoms with Crippen molar-refractivity contribution < 1.29 is 9.21 Å². The van der Waals surface area contributed by atoms with E-state index in [1.54, 1.807) is 6.07 Å². The lowest BCUT2D eigenvalue weighted by Gasteiger charge is -2.05. The Labute approximate surface area is 108 Å². The van der Waals surface area contributed by atoms with E-state index in [2.05, 4.69) is 26.0 Å². The van der Waals surface area contributed by atoms with Crippen LogP contribution < -0.4 is 0 Å². The van der Waals surface area contributed by atoms with Gasteiger partial charge in [0, 0.05) is 12.0 Å². The van der Waals surface area contributed by atoms with Crippen LogP contribution in [0.4, 0.5) is 0 Å². The average Bonchev–Trinajstić information content (AvgIpc) is 2.87. The second-order valence-electron chi connectivity index (χ2n) is 4.72. The molecular formula is C16H18O2. The summed E-state index contributed by atoms with van der Waals surface area (Å²) < 4.78 is 5.57. The molecule has 0 saturated heterocycles. The van der Waals surface area contributed by atoms with Crippen LogP contribution in [-0.4, -0.2) is 5.78 Å². The normalized spacial score (nSPS) is 10.9. The molecule has 2 aromatic rings. The van der Waals surface area contributed by atoms with Crippen LogP contribution in [0.5, 0.6) is 0 Å². The Bertz CT molecular complexity index is 532. The zero-order valence-electron chi connectivity index (χ0n) is 11.1. The molecule has 2 rings (SSSR count). The smallest absolute Gasteiger partial charge is 0.197 e. The van der Waals surface area contributed by atoms with E-state index in [1.807, 2.05) is 25.1 Å². The van der Waals surface area contributed by atoms with Crippen LogP contribution in [0.25, 0.3) is 11.3 Å². The summed E-state index contributed by atoms with van der Waals surface area (Å²) in [5, 5.41) is 0. The molecule has 1 aromatic heterocycles. The number of furan rings is 1. The van der Waals surface area contributed by atoms with E-state index in [9.17, 15) is 4.79 Å². The van der Waals surface area contributed by atoms with Gasteiger partial charge in [-0.15, -0.1) is 0 Å². The van der Waals surface area contributed by atoms with E-state index in [0.717, 1.165) is 11.3 Å². The fourth-order valence-corrected chi connectivity index (χ4v) is 1.85. The molecule has 0 aliphatic carbocycles. The molecule has 0 unspecified atom stereocenters. The van der Waals surface area contributed by atoms with Crippen LogP contribution in [0.2, 0.25) is 0 Å². The van der Waals surface area contributed by atoms with Crippen LogP contribution in [0, 0.1) is 0 Å². The molecule has 0 N–H and O–H groups in total. The van der Waals surface area contributed by atoms with Crippen LogP contribution in [-0.2, 0) is 0 Å². The number of hydrogen-bond acceptors (Lipinski definition) is 2. The summed E-state index contributed by atoms with van der Waals surface area (Å²) in [4.78, 5) is 11.5. The Morgan fingerprint density at radius 2 is 1.78 bits per heavy atom. The largest absolute Gasteiger partial charge is 0.453 e. The van der Waals surface area contributed by atoms with Gasteiger partial charge in [-0.05, 0) is 23.6 Å². The minimum Gasteiger partial charge on any atom is -0.453 e. The highest BCUT2D eigenvalue weighted by atomic mass is 16.3. The van der Waals surface area contributed by atoms with Crippen molar-refractivity contribution in [2.24, 2.45) is 0 Å². The first kappa shape index (κ1) is 12.6. The highest BCUT2D eigenvalue weighted by molar-refractivity contribution is 5.93. The third kappa shape index (κ3) is 2.53. The van der Waals surface area contributed by atoms with E-state index < -0.39 is 0 Å². The summed E-state index contributed by atoms with van der Waals surface area (Å²) >= 11 is 0. The van der Waals surface area contributed by atoms with E-state index in [-0.39, 0.29) is 5.78 Å². The minimum atomic E-state index is 0.0417. The van der Waals surface area contributed by atoms with Gasteiger partial charge in [0.25, 0.3) is 0 Å². The predicted octanol–water partition coefficient (Wildman–Crippen LogP) is 4.66. The van der Waals surface area contributed by atoms with Crippen LogP contribution >= 0.6 is 0 Å². The molecule has 18 heavy (non-hydrogen) atoms. The maximum absolute atomic E-state index is 11.5. The van der Waals surface area contributed by atoms with Crippen molar-refractivity contribution in [3.8, 4) is 11.3 Å². The lowest BCUT2D eigenvalue weighted by atomic mass is 10.0. The van der Waals surface area contributed by atoms with Crippen molar-refractivity contribution in [3.63, 3.8) is 0 Å². The van der Waals surface area contributed by atoms with Crippen molar-refractivity contribution in [3.05, 3.63) is 47.7 Å². The molecular weight excluding hydrogens is 224 g/mol. The summed E-state index contributed by atoms with van der Waals surface area (Å²) in [5.74, 6) is 1.76. The van der Waals surface area contributed by atoms with Gasteiger partial charge in [0.05, 0.1) is 0 Å². The first-order chi connectivity index (χ1) is 8.61. The SMILES string of the molecule is CCC(=O)c1ccc(-c2ccc(C(C)C)cc2)o1. The molecule has 0 spiro atoms. The highest BCUT2D eigenvalue weighted by Crippen LogP contribution is 2.25. The maximum Gasteiger partial charge on any atom is 0.197 e. The third-order valence-electron chi connectivity index (χ3n) is 3.06. The Morgan fingerprint density at radius 1 is 1.11 bits per heavy atom. The quantitative estimate of drug-likeness (QED) is 0.730. The number of ketones is 1. The molecule has 2 heteroatoms. The third-order valence-corrected chi connectivity index (χ3v) is 3.06. The van der Waals surface area contributed by atoms with Gasteiger partial charge in [-0.1, -0.05) is 45.0 Å². The van der Waals surface area contributed by atoms with Gasteiger partial charge in [0.15, 0.2) is 11.5 Å². The van der Waals surface area contributed by atoms with Gasteiger partial charge in [-0.3, -0.25) is 4.79 Å². The Morgan fingerprint density at radius 3 is 2.33 bits per heavy atom. The second kappa shape index (κ2) is 5.21. The summed E-state index contributed by atoms with van der Waals surface area (Å²) in [6.07, 6.45) is 0.471. The van der Waals surface area contributed by atoms with Gasteiger partial charge in [-0.2, -0.15) is 0 Å². The summed E-state index contributed by atoms with van der Waals surface area (Å²) in [5.41, 5.74) is 2.31. The van der Waals surface area contributed by atoms with E-state index in [4.69, 9.17) is 4.42 Å². The first-order valence-corrected chi connectivity index (χ1v) is 6.35. The van der Waals surface area contributed by atoms with Crippen molar-refractivity contribution in [1.82, 2.24) is 0 Å². The average molecular weight is 242 g/mol. The van der Waals surface area contributed by atoms with Gasteiger partial charge < -0.3 is 4.42 Å². The van der Waals surface area contributed by atoms with Crippen LogP contribution in [0.3, 0.4) is 0 Å². The van der Waals surface area contributed by atoms with Gasteiger partial charge in [0.2, 0.25) is 0 Å². The van der Waals surface area contributed by atoms with Crippen LogP contribution in [0.15, 0.2) is 40.8 Å². The fourth-order valence-electron chi connectivity index (χ4n) is 1.85. The lowest BCUT2D eigenvalue weighted by Crippen LogP contribution is -1.92. The van der Waals surface area contributed by atoms with E-state index in [0.29, 0.717) is 18.1 Å². The molecule has 1 aromatic carbocycles. The predicted molar refractivity (Wildman–Crippen MR) is 72.9 cm³/mol. The Hall–Kier alpha value is -1.83. The van der Waals surface area contributed by atoms with Crippen molar-refractivity contribution in [2.75, 3.05) is 0 Å². The van der Waals surface area contributed by atoms with Crippen molar-refractivity contribution in [2.45, 2.75) is 33.1 Å². The number of rotatable bonds is 4. The number of Topliss-reactive ketones (excluding diaryl/α,β-unsaturated/α-hetero) is 1. The topological polar surface area (TPSA) is 30.2 Å². The number of carbonyl (C=O) groups is 1. The van der Waals surface area contributed by atoms with Crippen molar-refractivity contribution >= 4 is 5.78 Å². The molecule has 0 atom stereocenters. The van der Waals surface area contributed by atoms with Gasteiger partial charge in [0.1, 0.15) is 5.76 Å². The fraction of sp³-hybridized carbons (Fsp3) is 0.312. The monoisotopic (exact) mass is 242 g/mol.